The molecule has 23 heavy (non-hydrogen) atoms. The monoisotopic (exact) mass is 309 g/mol. The fraction of sp³-hybridized carbons (Fsp3) is 0.278. The van der Waals surface area contributed by atoms with Gasteiger partial charge >= 0.3 is 5.97 Å². The minimum atomic E-state index is -0.333. The average molecular weight is 309 g/mol. The molecule has 0 unspecified atom stereocenters. The Morgan fingerprint density at radius 3 is 2.83 bits per heavy atom. The zero-order chi connectivity index (χ0) is 16.4. The molecule has 2 heterocycles. The van der Waals surface area contributed by atoms with Crippen LogP contribution in [0.15, 0.2) is 42.7 Å². The zero-order valence-corrected chi connectivity index (χ0v) is 13.5. The van der Waals surface area contributed by atoms with E-state index in [1.165, 1.54) is 0 Å². The highest BCUT2D eigenvalue weighted by molar-refractivity contribution is 5.92. The van der Waals surface area contributed by atoms with Crippen LogP contribution in [-0.4, -0.2) is 27.3 Å². The Labute approximate surface area is 134 Å². The van der Waals surface area contributed by atoms with Crippen molar-refractivity contribution in [2.45, 2.75) is 26.7 Å². The standard InChI is InChI=1S/C18H19N3O2/c1-4-23-18(22)14-11-20-21(17(14)12(2)3)16-9-5-8-15-13(16)7-6-10-19-15/h5-12H,4H2,1-3H3. The molecule has 0 amide bonds. The molecule has 118 valence electrons. The number of hydrogen-bond donors (Lipinski definition) is 0. The summed E-state index contributed by atoms with van der Waals surface area (Å²) >= 11 is 0. The molecule has 0 bridgehead atoms. The molecular formula is C18H19N3O2. The average Bonchev–Trinajstić information content (AvgIpc) is 2.99. The molecule has 5 nitrogen and oxygen atoms in total. The first kappa shape index (κ1) is 15.2. The number of hydrogen-bond acceptors (Lipinski definition) is 4. The van der Waals surface area contributed by atoms with Crippen LogP contribution in [0.1, 0.15) is 42.7 Å². The second-order valence-electron chi connectivity index (χ2n) is 5.58. The van der Waals surface area contributed by atoms with Crippen LogP contribution >= 0.6 is 0 Å². The van der Waals surface area contributed by atoms with E-state index in [1.54, 1.807) is 19.3 Å². The minimum absolute atomic E-state index is 0.129. The molecule has 0 aliphatic heterocycles. The van der Waals surface area contributed by atoms with E-state index in [9.17, 15) is 4.79 Å². The highest BCUT2D eigenvalue weighted by Gasteiger charge is 2.22. The van der Waals surface area contributed by atoms with Crippen LogP contribution in [0.5, 0.6) is 0 Å². The van der Waals surface area contributed by atoms with Crippen molar-refractivity contribution in [3.8, 4) is 5.69 Å². The molecule has 3 aromatic rings. The van der Waals surface area contributed by atoms with E-state index in [0.29, 0.717) is 12.2 Å². The highest BCUT2D eigenvalue weighted by Crippen LogP contribution is 2.27. The van der Waals surface area contributed by atoms with Crippen LogP contribution in [0.25, 0.3) is 16.6 Å². The van der Waals surface area contributed by atoms with Crippen molar-refractivity contribution >= 4 is 16.9 Å². The number of fused-ring (bicyclic) bond motifs is 1. The first-order valence-electron chi connectivity index (χ1n) is 7.72. The maximum Gasteiger partial charge on any atom is 0.341 e. The Balaban J connectivity index is 2.21. The summed E-state index contributed by atoms with van der Waals surface area (Å²) in [6, 6.07) is 9.80. The third kappa shape index (κ3) is 2.70. The predicted octanol–water partition coefficient (Wildman–Crippen LogP) is 3.72. The number of aromatic nitrogens is 3. The molecule has 2 aromatic heterocycles. The van der Waals surface area contributed by atoms with Gasteiger partial charge in [-0.15, -0.1) is 0 Å². The van der Waals surface area contributed by atoms with Gasteiger partial charge in [0, 0.05) is 11.6 Å². The lowest BCUT2D eigenvalue weighted by Crippen LogP contribution is -2.11. The molecule has 3 rings (SSSR count). The van der Waals surface area contributed by atoms with Gasteiger partial charge in [-0.05, 0) is 37.1 Å². The quantitative estimate of drug-likeness (QED) is 0.689. The number of carbonyl (C=O) groups excluding carboxylic acids is 1. The van der Waals surface area contributed by atoms with Gasteiger partial charge in [-0.25, -0.2) is 9.48 Å². The van der Waals surface area contributed by atoms with Crippen LogP contribution in [0.2, 0.25) is 0 Å². The predicted molar refractivity (Wildman–Crippen MR) is 88.9 cm³/mol. The van der Waals surface area contributed by atoms with Gasteiger partial charge < -0.3 is 4.74 Å². The van der Waals surface area contributed by atoms with Crippen molar-refractivity contribution in [2.24, 2.45) is 0 Å². The van der Waals surface area contributed by atoms with Crippen molar-refractivity contribution in [1.29, 1.82) is 0 Å². The molecule has 0 N–H and O–H groups in total. The van der Waals surface area contributed by atoms with Crippen LogP contribution in [0, 0.1) is 0 Å². The maximum absolute atomic E-state index is 12.2. The number of esters is 1. The van der Waals surface area contributed by atoms with E-state index in [1.807, 2.05) is 48.9 Å². The van der Waals surface area contributed by atoms with Crippen molar-refractivity contribution < 1.29 is 9.53 Å². The van der Waals surface area contributed by atoms with Crippen molar-refractivity contribution in [3.05, 3.63) is 54.0 Å². The van der Waals surface area contributed by atoms with Gasteiger partial charge in [-0.3, -0.25) is 4.98 Å². The Bertz CT molecular complexity index is 847. The van der Waals surface area contributed by atoms with Crippen LogP contribution in [0.3, 0.4) is 0 Å². The lowest BCUT2D eigenvalue weighted by molar-refractivity contribution is 0.0524. The van der Waals surface area contributed by atoms with Crippen LogP contribution < -0.4 is 0 Å². The minimum Gasteiger partial charge on any atom is -0.462 e. The molecule has 0 aliphatic carbocycles. The smallest absolute Gasteiger partial charge is 0.341 e. The normalized spacial score (nSPS) is 11.1. The fourth-order valence-electron chi connectivity index (χ4n) is 2.74. The van der Waals surface area contributed by atoms with E-state index >= 15 is 0 Å². The summed E-state index contributed by atoms with van der Waals surface area (Å²) in [5.41, 5.74) is 3.17. The lowest BCUT2D eigenvalue weighted by atomic mass is 10.1. The van der Waals surface area contributed by atoms with E-state index in [0.717, 1.165) is 22.3 Å². The van der Waals surface area contributed by atoms with Crippen molar-refractivity contribution in [3.63, 3.8) is 0 Å². The van der Waals surface area contributed by atoms with E-state index in [-0.39, 0.29) is 11.9 Å². The van der Waals surface area contributed by atoms with Gasteiger partial charge in [0.05, 0.1) is 29.7 Å². The Morgan fingerprint density at radius 1 is 1.26 bits per heavy atom. The summed E-state index contributed by atoms with van der Waals surface area (Å²) in [7, 11) is 0. The van der Waals surface area contributed by atoms with Crippen LogP contribution in [0.4, 0.5) is 0 Å². The third-order valence-corrected chi connectivity index (χ3v) is 3.70. The number of benzene rings is 1. The SMILES string of the molecule is CCOC(=O)c1cnn(-c2cccc3ncccc23)c1C(C)C. The summed E-state index contributed by atoms with van der Waals surface area (Å²) in [6.45, 7) is 6.23. The second-order valence-corrected chi connectivity index (χ2v) is 5.58. The number of ether oxygens (including phenoxy) is 1. The van der Waals surface area contributed by atoms with Gasteiger partial charge in [-0.1, -0.05) is 19.9 Å². The molecule has 0 saturated heterocycles. The summed E-state index contributed by atoms with van der Waals surface area (Å²) in [4.78, 5) is 16.6. The summed E-state index contributed by atoms with van der Waals surface area (Å²) in [5, 5.41) is 5.44. The molecule has 0 radical (unpaired) electrons. The van der Waals surface area contributed by atoms with Crippen LogP contribution in [-0.2, 0) is 4.74 Å². The van der Waals surface area contributed by atoms with E-state index < -0.39 is 0 Å². The third-order valence-electron chi connectivity index (χ3n) is 3.70. The first-order chi connectivity index (χ1) is 11.1. The highest BCUT2D eigenvalue weighted by atomic mass is 16.5. The topological polar surface area (TPSA) is 57.0 Å². The van der Waals surface area contributed by atoms with Crippen molar-refractivity contribution in [2.75, 3.05) is 6.61 Å². The van der Waals surface area contributed by atoms with E-state index in [2.05, 4.69) is 10.1 Å². The molecule has 0 fully saturated rings. The van der Waals surface area contributed by atoms with Gasteiger partial charge in [0.25, 0.3) is 0 Å². The molecule has 0 saturated carbocycles. The molecule has 0 spiro atoms. The molecule has 0 atom stereocenters. The maximum atomic E-state index is 12.2. The molecular weight excluding hydrogens is 290 g/mol. The summed E-state index contributed by atoms with van der Waals surface area (Å²) in [6.07, 6.45) is 3.35. The van der Waals surface area contributed by atoms with Gasteiger partial charge in [0.15, 0.2) is 0 Å². The fourth-order valence-corrected chi connectivity index (χ4v) is 2.74. The first-order valence-corrected chi connectivity index (χ1v) is 7.72. The van der Waals surface area contributed by atoms with E-state index in [4.69, 9.17) is 4.74 Å². The van der Waals surface area contributed by atoms with Gasteiger partial charge in [0.1, 0.15) is 5.56 Å². The van der Waals surface area contributed by atoms with Gasteiger partial charge in [0.2, 0.25) is 0 Å². The Hall–Kier alpha value is -2.69. The molecule has 0 aliphatic rings. The molecule has 5 heteroatoms. The number of nitrogens with zero attached hydrogens (tertiary/aromatic N) is 3. The van der Waals surface area contributed by atoms with Crippen molar-refractivity contribution in [1.82, 2.24) is 14.8 Å². The van der Waals surface area contributed by atoms with Gasteiger partial charge in [-0.2, -0.15) is 5.10 Å². The Morgan fingerprint density at radius 2 is 2.09 bits per heavy atom. The number of rotatable bonds is 4. The Kier molecular flexibility index (Phi) is 4.10. The number of pyridine rings is 1. The summed E-state index contributed by atoms with van der Waals surface area (Å²) < 4.78 is 6.97. The largest absolute Gasteiger partial charge is 0.462 e. The number of carbonyl (C=O) groups is 1. The molecule has 1 aromatic carbocycles. The second kappa shape index (κ2) is 6.20. The summed E-state index contributed by atoms with van der Waals surface area (Å²) in [5.74, 6) is -0.204. The lowest BCUT2D eigenvalue weighted by Gasteiger charge is -2.14. The zero-order valence-electron chi connectivity index (χ0n) is 13.5.